The van der Waals surface area contributed by atoms with Gasteiger partial charge in [-0.1, -0.05) is 11.6 Å². The predicted molar refractivity (Wildman–Crippen MR) is 99.1 cm³/mol. The van der Waals surface area contributed by atoms with Gasteiger partial charge in [-0.2, -0.15) is 17.5 Å². The molecule has 0 saturated carbocycles. The van der Waals surface area contributed by atoms with E-state index < -0.39 is 32.7 Å². The molecule has 0 fully saturated rings. The number of sulfonamides is 1. The third-order valence-electron chi connectivity index (χ3n) is 3.57. The van der Waals surface area contributed by atoms with Gasteiger partial charge in [-0.05, 0) is 36.4 Å². The molecule has 1 amide bonds. The highest BCUT2D eigenvalue weighted by molar-refractivity contribution is 7.88. The number of hydrogen-bond acceptors (Lipinski definition) is 4. The van der Waals surface area contributed by atoms with Crippen LogP contribution >= 0.6 is 11.6 Å². The zero-order valence-electron chi connectivity index (χ0n) is 14.7. The Kier molecular flexibility index (Phi) is 6.58. The molecular formula is C17H16ClF3N2O4S. The zero-order chi connectivity index (χ0) is 21.1. The van der Waals surface area contributed by atoms with Crippen LogP contribution in [0.2, 0.25) is 5.02 Å². The number of furan rings is 1. The fourth-order valence-electron chi connectivity index (χ4n) is 2.07. The number of nitrogens with one attached hydrogen (secondary N) is 1. The molecule has 1 heterocycles. The summed E-state index contributed by atoms with van der Waals surface area (Å²) in [6.07, 6.45) is -1.20. The molecule has 2 aromatic rings. The Morgan fingerprint density at radius 3 is 2.57 bits per heavy atom. The lowest BCUT2D eigenvalue weighted by Gasteiger charge is -2.11. The molecule has 6 nitrogen and oxygen atoms in total. The molecule has 0 aliphatic heterocycles. The van der Waals surface area contributed by atoms with E-state index in [4.69, 9.17) is 16.0 Å². The van der Waals surface area contributed by atoms with Gasteiger partial charge in [0.25, 0.3) is 0 Å². The second-order valence-corrected chi connectivity index (χ2v) is 8.33. The molecule has 0 spiro atoms. The van der Waals surface area contributed by atoms with E-state index in [1.54, 1.807) is 6.07 Å². The first kappa shape index (κ1) is 22.0. The summed E-state index contributed by atoms with van der Waals surface area (Å²) in [5, 5.41) is 1.83. The van der Waals surface area contributed by atoms with Gasteiger partial charge in [0.15, 0.2) is 0 Å². The van der Waals surface area contributed by atoms with Crippen molar-refractivity contribution in [2.45, 2.75) is 12.7 Å². The van der Waals surface area contributed by atoms with Crippen LogP contribution in [-0.4, -0.2) is 31.9 Å². The van der Waals surface area contributed by atoms with Crippen molar-refractivity contribution in [3.63, 3.8) is 0 Å². The Labute approximate surface area is 164 Å². The number of carbonyl (C=O) groups is 1. The highest BCUT2D eigenvalue weighted by Gasteiger charge is 2.33. The van der Waals surface area contributed by atoms with Crippen LogP contribution in [0.1, 0.15) is 17.1 Å². The average Bonchev–Trinajstić information content (AvgIpc) is 3.00. The number of rotatable bonds is 6. The first-order chi connectivity index (χ1) is 12.9. The third-order valence-corrected chi connectivity index (χ3v) is 5.16. The van der Waals surface area contributed by atoms with Gasteiger partial charge < -0.3 is 9.73 Å². The summed E-state index contributed by atoms with van der Waals surface area (Å²) in [5.41, 5.74) is -1.12. The van der Waals surface area contributed by atoms with Gasteiger partial charge in [0, 0.05) is 18.8 Å². The summed E-state index contributed by atoms with van der Waals surface area (Å²) in [4.78, 5) is 11.9. The summed E-state index contributed by atoms with van der Waals surface area (Å²) in [6.45, 7) is 0.0177. The Balaban J connectivity index is 2.03. The van der Waals surface area contributed by atoms with Gasteiger partial charge in [0.05, 0.1) is 23.4 Å². The van der Waals surface area contributed by atoms with Crippen molar-refractivity contribution in [2.75, 3.05) is 18.6 Å². The highest BCUT2D eigenvalue weighted by atomic mass is 35.5. The van der Waals surface area contributed by atoms with Crippen molar-refractivity contribution >= 4 is 39.3 Å². The van der Waals surface area contributed by atoms with E-state index in [0.29, 0.717) is 5.76 Å². The van der Waals surface area contributed by atoms with Crippen molar-refractivity contribution in [1.82, 2.24) is 4.31 Å². The number of benzene rings is 1. The molecule has 0 bridgehead atoms. The molecule has 1 N–H and O–H groups in total. The molecule has 11 heteroatoms. The van der Waals surface area contributed by atoms with Gasteiger partial charge in [0.1, 0.15) is 11.5 Å². The Morgan fingerprint density at radius 1 is 1.29 bits per heavy atom. The largest absolute Gasteiger partial charge is 0.460 e. The third kappa shape index (κ3) is 6.11. The summed E-state index contributed by atoms with van der Waals surface area (Å²) in [5.74, 6) is -0.0405. The molecule has 0 unspecified atom stereocenters. The van der Waals surface area contributed by atoms with E-state index >= 15 is 0 Å². The standard InChI is InChI=1S/C17H16ClF3N2O4S/c1-23(28(2,25)26)10-13-5-4-12(27-13)6-8-16(24)22-11-3-7-15(18)14(9-11)17(19,20)21/h3-9H,10H2,1-2H3,(H,22,24)/b8-6+. The van der Waals surface area contributed by atoms with E-state index in [2.05, 4.69) is 5.32 Å². The second-order valence-electron chi connectivity index (χ2n) is 5.84. The average molecular weight is 437 g/mol. The van der Waals surface area contributed by atoms with Crippen molar-refractivity contribution < 1.29 is 30.8 Å². The number of anilines is 1. The quantitative estimate of drug-likeness (QED) is 0.694. The molecular weight excluding hydrogens is 421 g/mol. The first-order valence-corrected chi connectivity index (χ1v) is 9.95. The molecule has 152 valence electrons. The van der Waals surface area contributed by atoms with Crippen LogP contribution in [0.25, 0.3) is 6.08 Å². The Bertz CT molecular complexity index is 1000. The monoisotopic (exact) mass is 436 g/mol. The maximum absolute atomic E-state index is 12.8. The first-order valence-electron chi connectivity index (χ1n) is 7.72. The lowest BCUT2D eigenvalue weighted by Crippen LogP contribution is -2.24. The van der Waals surface area contributed by atoms with E-state index in [1.807, 2.05) is 0 Å². The van der Waals surface area contributed by atoms with Crippen molar-refractivity contribution in [3.8, 4) is 0 Å². The molecule has 1 aromatic carbocycles. The SMILES string of the molecule is CN(Cc1ccc(/C=C/C(=O)Nc2ccc(Cl)c(C(F)(F)F)c2)o1)S(C)(=O)=O. The summed E-state index contributed by atoms with van der Waals surface area (Å²) < 4.78 is 67.7. The molecule has 2 rings (SSSR count). The normalized spacial score (nSPS) is 12.7. The van der Waals surface area contributed by atoms with Gasteiger partial charge in [-0.3, -0.25) is 4.79 Å². The number of alkyl halides is 3. The number of hydrogen-bond donors (Lipinski definition) is 1. The van der Waals surface area contributed by atoms with Gasteiger partial charge in [-0.15, -0.1) is 0 Å². The van der Waals surface area contributed by atoms with Crippen LogP contribution in [0.15, 0.2) is 40.8 Å². The predicted octanol–water partition coefficient (Wildman–Crippen LogP) is 4.00. The maximum Gasteiger partial charge on any atom is 0.417 e. The van der Waals surface area contributed by atoms with Gasteiger partial charge in [0.2, 0.25) is 15.9 Å². The summed E-state index contributed by atoms with van der Waals surface area (Å²) in [7, 11) is -1.98. The van der Waals surface area contributed by atoms with Crippen molar-refractivity contribution in [2.24, 2.45) is 0 Å². The van der Waals surface area contributed by atoms with Crippen LogP contribution in [0.3, 0.4) is 0 Å². The zero-order valence-corrected chi connectivity index (χ0v) is 16.3. The molecule has 0 atom stereocenters. The minimum Gasteiger partial charge on any atom is -0.460 e. The van der Waals surface area contributed by atoms with Crippen molar-refractivity contribution in [3.05, 3.63) is 58.5 Å². The number of nitrogens with zero attached hydrogens (tertiary/aromatic N) is 1. The summed E-state index contributed by atoms with van der Waals surface area (Å²) >= 11 is 5.52. The minimum absolute atomic E-state index is 0.0177. The Morgan fingerprint density at radius 2 is 1.96 bits per heavy atom. The summed E-state index contributed by atoms with van der Waals surface area (Å²) in [6, 6.07) is 6.10. The fraction of sp³-hybridized carbons (Fsp3) is 0.235. The second kappa shape index (κ2) is 8.38. The van der Waals surface area contributed by atoms with E-state index in [9.17, 15) is 26.4 Å². The van der Waals surface area contributed by atoms with Gasteiger partial charge in [-0.25, -0.2) is 8.42 Å². The van der Waals surface area contributed by atoms with Crippen molar-refractivity contribution in [1.29, 1.82) is 0 Å². The maximum atomic E-state index is 12.8. The number of carbonyl (C=O) groups excluding carboxylic acids is 1. The van der Waals surface area contributed by atoms with Crippen LogP contribution in [0.5, 0.6) is 0 Å². The van der Waals surface area contributed by atoms with Crippen LogP contribution in [-0.2, 0) is 27.5 Å². The molecule has 28 heavy (non-hydrogen) atoms. The lowest BCUT2D eigenvalue weighted by atomic mass is 10.2. The minimum atomic E-state index is -4.64. The van der Waals surface area contributed by atoms with Gasteiger partial charge >= 0.3 is 6.18 Å². The smallest absolute Gasteiger partial charge is 0.417 e. The van der Waals surface area contributed by atoms with E-state index in [-0.39, 0.29) is 18.0 Å². The molecule has 0 saturated heterocycles. The van der Waals surface area contributed by atoms with Crippen LogP contribution in [0, 0.1) is 0 Å². The molecule has 1 aromatic heterocycles. The number of halogens is 4. The van der Waals surface area contributed by atoms with Crippen LogP contribution in [0.4, 0.5) is 18.9 Å². The Hall–Kier alpha value is -2.30. The molecule has 0 aliphatic carbocycles. The van der Waals surface area contributed by atoms with E-state index in [1.165, 1.54) is 25.3 Å². The molecule has 0 aliphatic rings. The van der Waals surface area contributed by atoms with Crippen LogP contribution < -0.4 is 5.32 Å². The lowest BCUT2D eigenvalue weighted by molar-refractivity contribution is -0.137. The topological polar surface area (TPSA) is 79.6 Å². The number of amides is 1. The molecule has 0 radical (unpaired) electrons. The highest BCUT2D eigenvalue weighted by Crippen LogP contribution is 2.36. The fourth-order valence-corrected chi connectivity index (χ4v) is 2.65. The van der Waals surface area contributed by atoms with E-state index in [0.717, 1.165) is 28.8 Å².